The van der Waals surface area contributed by atoms with Crippen molar-refractivity contribution < 1.29 is 18.8 Å². The minimum absolute atomic E-state index is 0.197. The van der Waals surface area contributed by atoms with Gasteiger partial charge in [0, 0.05) is 12.4 Å². The molecule has 1 aromatic carbocycles. The zero-order valence-corrected chi connectivity index (χ0v) is 15.9. The fraction of sp³-hybridized carbons (Fsp3) is 0.222. The summed E-state index contributed by atoms with van der Waals surface area (Å²) in [5, 5.41) is 8.54. The number of thiazole rings is 1. The maximum atomic E-state index is 12.6. The molecule has 2 amide bonds. The normalized spacial score (nSPS) is 10.5. The lowest BCUT2D eigenvalue weighted by atomic mass is 10.2. The van der Waals surface area contributed by atoms with Crippen molar-refractivity contribution in [3.8, 4) is 5.75 Å². The number of amides is 2. The number of hydrogen-bond donors (Lipinski definition) is 1. The summed E-state index contributed by atoms with van der Waals surface area (Å²) in [5.41, 5.74) is 1.66. The first-order valence-electron chi connectivity index (χ1n) is 8.10. The number of aryl methyl sites for hydroxylation is 2. The molecule has 8 nitrogen and oxygen atoms in total. The van der Waals surface area contributed by atoms with Crippen LogP contribution < -0.4 is 10.1 Å². The molecule has 0 spiro atoms. The molecular weight excluding hydrogens is 368 g/mol. The Morgan fingerprint density at radius 2 is 2.00 bits per heavy atom. The van der Waals surface area contributed by atoms with Crippen LogP contribution in [0.4, 0.5) is 9.93 Å². The standard InChI is InChI=1S/C18H18N4O4S/c1-11-15(12(2)26-21-11)16(23)22(3)9-13-10-27-17(19-13)20-18(24)25-14-7-5-4-6-8-14/h4-8,10H,9H2,1-3H3,(H,19,20,24). The van der Waals surface area contributed by atoms with E-state index in [2.05, 4.69) is 15.5 Å². The second kappa shape index (κ2) is 8.00. The molecule has 0 saturated carbocycles. The van der Waals surface area contributed by atoms with Crippen molar-refractivity contribution in [3.63, 3.8) is 0 Å². The highest BCUT2D eigenvalue weighted by Gasteiger charge is 2.21. The van der Waals surface area contributed by atoms with Gasteiger partial charge in [-0.3, -0.25) is 10.1 Å². The molecule has 0 aliphatic carbocycles. The molecule has 9 heteroatoms. The highest BCUT2D eigenvalue weighted by atomic mass is 32.1. The van der Waals surface area contributed by atoms with E-state index in [0.29, 0.717) is 33.6 Å². The molecule has 27 heavy (non-hydrogen) atoms. The second-order valence-electron chi connectivity index (χ2n) is 5.83. The van der Waals surface area contributed by atoms with Crippen LogP contribution in [-0.4, -0.2) is 34.1 Å². The molecule has 0 fully saturated rings. The Bertz CT molecular complexity index is 932. The van der Waals surface area contributed by atoms with Gasteiger partial charge < -0.3 is 14.2 Å². The van der Waals surface area contributed by atoms with Crippen molar-refractivity contribution in [2.75, 3.05) is 12.4 Å². The van der Waals surface area contributed by atoms with Crippen LogP contribution in [0.15, 0.2) is 40.2 Å². The Labute approximate surface area is 159 Å². The van der Waals surface area contributed by atoms with Crippen molar-refractivity contribution in [2.45, 2.75) is 20.4 Å². The number of nitrogens with one attached hydrogen (secondary N) is 1. The number of carbonyl (C=O) groups is 2. The maximum absolute atomic E-state index is 12.6. The van der Waals surface area contributed by atoms with Crippen LogP contribution in [0.25, 0.3) is 0 Å². The Morgan fingerprint density at radius 1 is 1.26 bits per heavy atom. The number of hydrogen-bond acceptors (Lipinski definition) is 7. The number of para-hydroxylation sites is 1. The Kier molecular flexibility index (Phi) is 5.51. The van der Waals surface area contributed by atoms with Gasteiger partial charge in [0.1, 0.15) is 17.1 Å². The molecule has 0 aliphatic heterocycles. The molecule has 2 heterocycles. The summed E-state index contributed by atoms with van der Waals surface area (Å²) in [6, 6.07) is 8.74. The van der Waals surface area contributed by atoms with E-state index in [1.165, 1.54) is 16.2 Å². The summed E-state index contributed by atoms with van der Waals surface area (Å²) >= 11 is 1.25. The molecule has 0 aliphatic rings. The molecule has 0 unspecified atom stereocenters. The molecule has 0 saturated heterocycles. The lowest BCUT2D eigenvalue weighted by Gasteiger charge is -2.15. The van der Waals surface area contributed by atoms with Gasteiger partial charge in [0.25, 0.3) is 5.91 Å². The fourth-order valence-electron chi connectivity index (χ4n) is 2.44. The van der Waals surface area contributed by atoms with Crippen LogP contribution in [0.5, 0.6) is 5.75 Å². The average molecular weight is 386 g/mol. The number of aromatic nitrogens is 2. The Morgan fingerprint density at radius 3 is 2.67 bits per heavy atom. The average Bonchev–Trinajstić information content (AvgIpc) is 3.21. The molecule has 3 aromatic rings. The third kappa shape index (κ3) is 4.50. The number of anilines is 1. The van der Waals surface area contributed by atoms with Gasteiger partial charge in [-0.1, -0.05) is 23.4 Å². The molecule has 0 atom stereocenters. The summed E-state index contributed by atoms with van der Waals surface area (Å²) in [4.78, 5) is 30.3. The quantitative estimate of drug-likeness (QED) is 0.719. The first-order chi connectivity index (χ1) is 12.9. The molecule has 2 aromatic heterocycles. The van der Waals surface area contributed by atoms with E-state index in [1.807, 2.05) is 6.07 Å². The van der Waals surface area contributed by atoms with Crippen LogP contribution in [0.3, 0.4) is 0 Å². The minimum Gasteiger partial charge on any atom is -0.410 e. The number of carbonyl (C=O) groups excluding carboxylic acids is 2. The molecule has 0 bridgehead atoms. The highest BCUT2D eigenvalue weighted by Crippen LogP contribution is 2.20. The van der Waals surface area contributed by atoms with Gasteiger partial charge in [-0.2, -0.15) is 0 Å². The third-order valence-electron chi connectivity index (χ3n) is 3.71. The third-order valence-corrected chi connectivity index (χ3v) is 4.51. The van der Waals surface area contributed by atoms with Crippen LogP contribution in [-0.2, 0) is 6.54 Å². The van der Waals surface area contributed by atoms with Gasteiger partial charge in [-0.15, -0.1) is 11.3 Å². The Hall–Kier alpha value is -3.20. The number of rotatable bonds is 5. The topological polar surface area (TPSA) is 97.6 Å². The van der Waals surface area contributed by atoms with Gasteiger partial charge >= 0.3 is 6.09 Å². The smallest absolute Gasteiger partial charge is 0.410 e. The van der Waals surface area contributed by atoms with Crippen molar-refractivity contribution in [1.82, 2.24) is 15.0 Å². The number of ether oxygens (including phenoxy) is 1. The van der Waals surface area contributed by atoms with E-state index in [1.54, 1.807) is 50.5 Å². The van der Waals surface area contributed by atoms with E-state index >= 15 is 0 Å². The molecule has 3 rings (SSSR count). The molecular formula is C18H18N4O4S. The molecule has 1 N–H and O–H groups in total. The molecule has 140 valence electrons. The summed E-state index contributed by atoms with van der Waals surface area (Å²) < 4.78 is 10.2. The van der Waals surface area contributed by atoms with Gasteiger partial charge in [0.2, 0.25) is 0 Å². The monoisotopic (exact) mass is 386 g/mol. The van der Waals surface area contributed by atoms with Crippen molar-refractivity contribution in [3.05, 3.63) is 58.4 Å². The van der Waals surface area contributed by atoms with Gasteiger partial charge in [0.15, 0.2) is 5.13 Å². The number of benzene rings is 1. The second-order valence-corrected chi connectivity index (χ2v) is 6.69. The van der Waals surface area contributed by atoms with E-state index in [9.17, 15) is 9.59 Å². The van der Waals surface area contributed by atoms with Crippen LogP contribution in [0.2, 0.25) is 0 Å². The van der Waals surface area contributed by atoms with Crippen LogP contribution in [0, 0.1) is 13.8 Å². The zero-order valence-electron chi connectivity index (χ0n) is 15.1. The zero-order chi connectivity index (χ0) is 19.4. The lowest BCUT2D eigenvalue weighted by molar-refractivity contribution is 0.0781. The summed E-state index contributed by atoms with van der Waals surface area (Å²) in [6.45, 7) is 3.71. The first kappa shape index (κ1) is 18.6. The minimum atomic E-state index is -0.623. The van der Waals surface area contributed by atoms with Crippen LogP contribution >= 0.6 is 11.3 Å². The SMILES string of the molecule is Cc1noc(C)c1C(=O)N(C)Cc1csc(NC(=O)Oc2ccccc2)n1. The Balaban J connectivity index is 1.59. The van der Waals surface area contributed by atoms with Crippen molar-refractivity contribution in [2.24, 2.45) is 0 Å². The predicted molar refractivity (Wildman–Crippen MR) is 100.0 cm³/mol. The van der Waals surface area contributed by atoms with Gasteiger partial charge in [-0.05, 0) is 26.0 Å². The van der Waals surface area contributed by atoms with E-state index in [-0.39, 0.29) is 12.5 Å². The summed E-state index contributed by atoms with van der Waals surface area (Å²) in [7, 11) is 1.67. The van der Waals surface area contributed by atoms with Gasteiger partial charge in [-0.25, -0.2) is 9.78 Å². The largest absolute Gasteiger partial charge is 0.418 e. The van der Waals surface area contributed by atoms with Crippen LogP contribution in [0.1, 0.15) is 27.5 Å². The van der Waals surface area contributed by atoms with E-state index in [0.717, 1.165) is 0 Å². The fourth-order valence-corrected chi connectivity index (χ4v) is 3.13. The van der Waals surface area contributed by atoms with Gasteiger partial charge in [0.05, 0.1) is 17.9 Å². The van der Waals surface area contributed by atoms with Crippen molar-refractivity contribution in [1.29, 1.82) is 0 Å². The predicted octanol–water partition coefficient (Wildman–Crippen LogP) is 3.63. The van der Waals surface area contributed by atoms with E-state index in [4.69, 9.17) is 9.26 Å². The van der Waals surface area contributed by atoms with E-state index < -0.39 is 6.09 Å². The summed E-state index contributed by atoms with van der Waals surface area (Å²) in [5.74, 6) is 0.724. The maximum Gasteiger partial charge on any atom is 0.418 e. The first-order valence-corrected chi connectivity index (χ1v) is 8.98. The number of nitrogens with zero attached hydrogens (tertiary/aromatic N) is 3. The summed E-state index contributed by atoms with van der Waals surface area (Å²) in [6.07, 6.45) is -0.623. The highest BCUT2D eigenvalue weighted by molar-refractivity contribution is 7.13. The molecule has 0 radical (unpaired) electrons. The lowest BCUT2D eigenvalue weighted by Crippen LogP contribution is -2.27. The van der Waals surface area contributed by atoms with Crippen molar-refractivity contribution >= 4 is 28.5 Å².